The largest absolute Gasteiger partial charge is 0.481 e. The van der Waals surface area contributed by atoms with Crippen LogP contribution in [0.15, 0.2) is 66.7 Å². The van der Waals surface area contributed by atoms with Crippen LogP contribution in [0, 0.1) is 12.8 Å². The number of rotatable bonds is 8. The number of hydrogen-bond donors (Lipinski definition) is 1. The number of hydrogen-bond acceptors (Lipinski definition) is 1. The standard InChI is InChI=1S/C28H29F3O2/c1-18(2)14-26(27(32)33)24-16-21(9-8-20-6-4-19(3)5-7-20)15-23(17-24)22-10-12-25(13-11-22)28(29,30)31/h4-7,10-13,15-18,26H,8-9,14H2,1-3H3,(H,32,33). The van der Waals surface area contributed by atoms with E-state index in [2.05, 4.69) is 24.3 Å². The van der Waals surface area contributed by atoms with Gasteiger partial charge in [-0.3, -0.25) is 4.79 Å². The average molecular weight is 455 g/mol. The SMILES string of the molecule is Cc1ccc(CCc2cc(-c3ccc(C(F)(F)F)cc3)cc(C(CC(C)C)C(=O)O)c2)cc1. The highest BCUT2D eigenvalue weighted by molar-refractivity contribution is 5.77. The number of benzene rings is 3. The first-order valence-corrected chi connectivity index (χ1v) is 11.1. The molecule has 5 heteroatoms. The Morgan fingerprint density at radius 3 is 2.00 bits per heavy atom. The lowest BCUT2D eigenvalue weighted by Crippen LogP contribution is -2.14. The second-order valence-electron chi connectivity index (χ2n) is 9.04. The molecule has 0 spiro atoms. The normalized spacial score (nSPS) is 12.7. The summed E-state index contributed by atoms with van der Waals surface area (Å²) < 4.78 is 39.0. The first kappa shape index (κ1) is 24.6. The van der Waals surface area contributed by atoms with Crippen LogP contribution >= 0.6 is 0 Å². The van der Waals surface area contributed by atoms with Gasteiger partial charge in [-0.15, -0.1) is 0 Å². The summed E-state index contributed by atoms with van der Waals surface area (Å²) in [7, 11) is 0. The molecule has 0 aromatic heterocycles. The quantitative estimate of drug-likeness (QED) is 0.379. The molecule has 1 atom stereocenters. The van der Waals surface area contributed by atoms with Crippen LogP contribution in [0.5, 0.6) is 0 Å². The van der Waals surface area contributed by atoms with E-state index < -0.39 is 23.6 Å². The van der Waals surface area contributed by atoms with Gasteiger partial charge in [0.25, 0.3) is 0 Å². The van der Waals surface area contributed by atoms with Crippen molar-refractivity contribution < 1.29 is 23.1 Å². The molecule has 1 N–H and O–H groups in total. The third kappa shape index (κ3) is 6.70. The number of alkyl halides is 3. The van der Waals surface area contributed by atoms with Crippen molar-refractivity contribution in [3.05, 3.63) is 94.5 Å². The summed E-state index contributed by atoms with van der Waals surface area (Å²) in [5, 5.41) is 9.86. The molecular formula is C28H29F3O2. The Hall–Kier alpha value is -3.08. The zero-order valence-electron chi connectivity index (χ0n) is 19.1. The fraction of sp³-hybridized carbons (Fsp3) is 0.321. The predicted octanol–water partition coefficient (Wildman–Crippen LogP) is 7.68. The minimum Gasteiger partial charge on any atom is -0.481 e. The van der Waals surface area contributed by atoms with E-state index in [1.54, 1.807) is 6.07 Å². The van der Waals surface area contributed by atoms with Crippen LogP contribution in [-0.2, 0) is 23.8 Å². The number of carbonyl (C=O) groups is 1. The average Bonchev–Trinajstić information content (AvgIpc) is 2.76. The van der Waals surface area contributed by atoms with E-state index in [9.17, 15) is 23.1 Å². The summed E-state index contributed by atoms with van der Waals surface area (Å²) in [5.41, 5.74) is 4.68. The fourth-order valence-electron chi connectivity index (χ4n) is 3.98. The van der Waals surface area contributed by atoms with Crippen LogP contribution in [0.4, 0.5) is 13.2 Å². The molecule has 0 saturated carbocycles. The van der Waals surface area contributed by atoms with Crippen LogP contribution in [0.2, 0.25) is 0 Å². The number of carboxylic acids is 1. The molecular weight excluding hydrogens is 425 g/mol. The van der Waals surface area contributed by atoms with E-state index in [1.165, 1.54) is 23.3 Å². The minimum atomic E-state index is -4.40. The fourth-order valence-corrected chi connectivity index (χ4v) is 3.98. The predicted molar refractivity (Wildman–Crippen MR) is 125 cm³/mol. The van der Waals surface area contributed by atoms with E-state index in [-0.39, 0.29) is 5.92 Å². The van der Waals surface area contributed by atoms with Gasteiger partial charge in [0.15, 0.2) is 0 Å². The Labute approximate surface area is 193 Å². The molecule has 2 nitrogen and oxygen atoms in total. The topological polar surface area (TPSA) is 37.3 Å². The zero-order valence-corrected chi connectivity index (χ0v) is 19.1. The van der Waals surface area contributed by atoms with Crippen molar-refractivity contribution in [2.45, 2.75) is 52.1 Å². The monoisotopic (exact) mass is 454 g/mol. The molecule has 0 amide bonds. The second-order valence-corrected chi connectivity index (χ2v) is 9.04. The highest BCUT2D eigenvalue weighted by atomic mass is 19.4. The van der Waals surface area contributed by atoms with Crippen LogP contribution in [0.25, 0.3) is 11.1 Å². The molecule has 174 valence electrons. The lowest BCUT2D eigenvalue weighted by molar-refractivity contribution is -0.139. The lowest BCUT2D eigenvalue weighted by atomic mass is 9.86. The third-order valence-corrected chi connectivity index (χ3v) is 5.79. The Bertz CT molecular complexity index is 1080. The smallest absolute Gasteiger partial charge is 0.416 e. The van der Waals surface area contributed by atoms with Gasteiger partial charge in [0.2, 0.25) is 0 Å². The highest BCUT2D eigenvalue weighted by Gasteiger charge is 2.30. The van der Waals surface area contributed by atoms with Crippen LogP contribution < -0.4 is 0 Å². The van der Waals surface area contributed by atoms with E-state index in [0.29, 0.717) is 24.0 Å². The summed E-state index contributed by atoms with van der Waals surface area (Å²) >= 11 is 0. The summed E-state index contributed by atoms with van der Waals surface area (Å²) in [6, 6.07) is 19.0. The Morgan fingerprint density at radius 2 is 1.45 bits per heavy atom. The lowest BCUT2D eigenvalue weighted by Gasteiger charge is -2.18. The van der Waals surface area contributed by atoms with Crippen LogP contribution in [0.1, 0.15) is 54.0 Å². The van der Waals surface area contributed by atoms with Gasteiger partial charge in [-0.2, -0.15) is 13.2 Å². The highest BCUT2D eigenvalue weighted by Crippen LogP contribution is 2.33. The molecule has 0 aliphatic heterocycles. The zero-order chi connectivity index (χ0) is 24.2. The van der Waals surface area contributed by atoms with Gasteiger partial charge in [-0.1, -0.05) is 74.0 Å². The number of aryl methyl sites for hydroxylation is 3. The molecule has 0 aliphatic rings. The summed E-state index contributed by atoms with van der Waals surface area (Å²) in [4.78, 5) is 12.0. The number of halogens is 3. The van der Waals surface area contributed by atoms with Gasteiger partial charge in [-0.25, -0.2) is 0 Å². The van der Waals surface area contributed by atoms with Crippen molar-refractivity contribution in [1.82, 2.24) is 0 Å². The Kier molecular flexibility index (Phi) is 7.62. The molecule has 0 radical (unpaired) electrons. The molecule has 3 rings (SSSR count). The molecule has 3 aromatic carbocycles. The van der Waals surface area contributed by atoms with Gasteiger partial charge < -0.3 is 5.11 Å². The Morgan fingerprint density at radius 1 is 0.848 bits per heavy atom. The maximum atomic E-state index is 13.0. The maximum Gasteiger partial charge on any atom is 0.416 e. The van der Waals surface area contributed by atoms with Gasteiger partial charge in [-0.05, 0) is 72.1 Å². The number of aliphatic carboxylic acids is 1. The molecule has 1 unspecified atom stereocenters. The Balaban J connectivity index is 1.99. The first-order valence-electron chi connectivity index (χ1n) is 11.1. The van der Waals surface area contributed by atoms with Crippen molar-refractivity contribution in [2.75, 3.05) is 0 Å². The summed E-state index contributed by atoms with van der Waals surface area (Å²) in [6.45, 7) is 5.99. The molecule has 0 heterocycles. The maximum absolute atomic E-state index is 13.0. The van der Waals surface area contributed by atoms with Crippen molar-refractivity contribution in [1.29, 1.82) is 0 Å². The van der Waals surface area contributed by atoms with Gasteiger partial charge in [0.05, 0.1) is 11.5 Å². The van der Waals surface area contributed by atoms with Crippen LogP contribution in [0.3, 0.4) is 0 Å². The van der Waals surface area contributed by atoms with Crippen molar-refractivity contribution in [2.24, 2.45) is 5.92 Å². The van der Waals surface area contributed by atoms with E-state index >= 15 is 0 Å². The van der Waals surface area contributed by atoms with Gasteiger partial charge in [0, 0.05) is 0 Å². The first-order chi connectivity index (χ1) is 15.5. The third-order valence-electron chi connectivity index (χ3n) is 5.79. The molecule has 0 aliphatic carbocycles. The van der Waals surface area contributed by atoms with Crippen LogP contribution in [-0.4, -0.2) is 11.1 Å². The molecule has 3 aromatic rings. The molecule has 0 fully saturated rings. The summed E-state index contributed by atoms with van der Waals surface area (Å²) in [6.07, 6.45) is -2.41. The van der Waals surface area contributed by atoms with Crippen molar-refractivity contribution in [3.63, 3.8) is 0 Å². The minimum absolute atomic E-state index is 0.192. The van der Waals surface area contributed by atoms with E-state index in [1.807, 2.05) is 32.9 Å². The molecule has 0 saturated heterocycles. The van der Waals surface area contributed by atoms with Gasteiger partial charge >= 0.3 is 12.1 Å². The molecule has 0 bridgehead atoms. The summed E-state index contributed by atoms with van der Waals surface area (Å²) in [5.74, 6) is -1.37. The molecule has 33 heavy (non-hydrogen) atoms. The number of carboxylic acid groups (broad SMARTS) is 1. The van der Waals surface area contributed by atoms with Crippen molar-refractivity contribution >= 4 is 5.97 Å². The van der Waals surface area contributed by atoms with E-state index in [0.717, 1.165) is 29.7 Å². The van der Waals surface area contributed by atoms with Crippen molar-refractivity contribution in [3.8, 4) is 11.1 Å². The van der Waals surface area contributed by atoms with Gasteiger partial charge in [0.1, 0.15) is 0 Å². The van der Waals surface area contributed by atoms with E-state index in [4.69, 9.17) is 0 Å². The second kappa shape index (κ2) is 10.2.